The van der Waals surface area contributed by atoms with Crippen LogP contribution in [0.1, 0.15) is 43.0 Å². The van der Waals surface area contributed by atoms with Crippen molar-refractivity contribution < 1.29 is 9.90 Å². The van der Waals surface area contributed by atoms with Gasteiger partial charge in [-0.2, -0.15) is 0 Å². The highest BCUT2D eigenvalue weighted by molar-refractivity contribution is 5.88. The molecule has 4 heteroatoms. The molecule has 2 saturated heterocycles. The van der Waals surface area contributed by atoms with Gasteiger partial charge in [-0.3, -0.25) is 4.79 Å². The summed E-state index contributed by atoms with van der Waals surface area (Å²) < 4.78 is 0. The third kappa shape index (κ3) is 1.44. The van der Waals surface area contributed by atoms with E-state index in [4.69, 9.17) is 0 Å². The molecule has 0 spiro atoms. The molecule has 2 fully saturated rings. The number of aliphatic hydroxyl groups is 1. The first-order valence-electron chi connectivity index (χ1n) is 8.28. The molecule has 1 amide bonds. The lowest BCUT2D eigenvalue weighted by Crippen LogP contribution is -2.59. The number of aliphatic hydroxyl groups excluding tert-OH is 1. The molecule has 2 aliphatic heterocycles. The van der Waals surface area contributed by atoms with E-state index >= 15 is 0 Å². The number of piperidine rings is 2. The zero-order valence-corrected chi connectivity index (χ0v) is 12.5. The van der Waals surface area contributed by atoms with Crippen LogP contribution in [0.15, 0.2) is 24.3 Å². The van der Waals surface area contributed by atoms with Gasteiger partial charge >= 0.3 is 0 Å². The topological polar surface area (TPSA) is 56.3 Å². The van der Waals surface area contributed by atoms with Crippen molar-refractivity contribution in [3.8, 4) is 0 Å². The van der Waals surface area contributed by atoms with Crippen molar-refractivity contribution in [2.45, 2.75) is 44.2 Å². The molecule has 114 valence electrons. The Labute approximate surface area is 129 Å². The molecule has 1 aromatic carbocycles. The second-order valence-corrected chi connectivity index (χ2v) is 7.18. The molecule has 2 bridgehead atoms. The smallest absolute Gasteiger partial charge is 0.251 e. The van der Waals surface area contributed by atoms with Gasteiger partial charge in [0, 0.05) is 28.7 Å². The van der Waals surface area contributed by atoms with Gasteiger partial charge in [-0.15, -0.1) is 0 Å². The largest absolute Gasteiger partial charge is 0.383 e. The molecule has 2 aromatic rings. The fraction of sp³-hybridized carbons (Fsp3) is 0.500. The number of hydrogen-bond acceptors (Lipinski definition) is 2. The highest BCUT2D eigenvalue weighted by Crippen LogP contribution is 2.58. The highest BCUT2D eigenvalue weighted by Gasteiger charge is 2.56. The number of nitrogens with zero attached hydrogens (tertiary/aromatic N) is 1. The number of amides is 1. The molecule has 0 unspecified atom stereocenters. The van der Waals surface area contributed by atoms with Gasteiger partial charge in [0.25, 0.3) is 5.91 Å². The Morgan fingerprint density at radius 1 is 1.27 bits per heavy atom. The summed E-state index contributed by atoms with van der Waals surface area (Å²) in [7, 11) is 0. The summed E-state index contributed by atoms with van der Waals surface area (Å²) in [6.45, 7) is 0.779. The second-order valence-electron chi connectivity index (χ2n) is 7.18. The van der Waals surface area contributed by atoms with Crippen molar-refractivity contribution in [2.24, 2.45) is 5.41 Å². The van der Waals surface area contributed by atoms with Crippen LogP contribution in [0.5, 0.6) is 0 Å². The van der Waals surface area contributed by atoms with Crippen molar-refractivity contribution in [3.63, 3.8) is 0 Å². The molecular formula is C18H20N2O2. The van der Waals surface area contributed by atoms with Crippen molar-refractivity contribution in [3.05, 3.63) is 35.5 Å². The SMILES string of the molecule is O=C1[C@@H](O)C[C@@]23CCCN1[C@H]2c1c([nH]c2ccccc12)CC3. The first-order valence-corrected chi connectivity index (χ1v) is 8.28. The van der Waals surface area contributed by atoms with Crippen LogP contribution in [0.4, 0.5) is 0 Å². The van der Waals surface area contributed by atoms with Crippen LogP contribution in [0.2, 0.25) is 0 Å². The van der Waals surface area contributed by atoms with Gasteiger partial charge in [-0.25, -0.2) is 0 Å². The lowest BCUT2D eigenvalue weighted by atomic mass is 9.59. The Balaban J connectivity index is 1.77. The van der Waals surface area contributed by atoms with Gasteiger partial charge in [-0.1, -0.05) is 18.2 Å². The van der Waals surface area contributed by atoms with Gasteiger partial charge in [0.2, 0.25) is 0 Å². The number of rotatable bonds is 0. The number of carbonyl (C=O) groups excluding carboxylic acids is 1. The fourth-order valence-electron chi connectivity index (χ4n) is 5.24. The minimum atomic E-state index is -0.802. The number of hydrogen-bond donors (Lipinski definition) is 2. The lowest BCUT2D eigenvalue weighted by molar-refractivity contribution is -0.166. The Morgan fingerprint density at radius 2 is 2.14 bits per heavy atom. The summed E-state index contributed by atoms with van der Waals surface area (Å²) in [5.74, 6) is -0.0709. The van der Waals surface area contributed by atoms with Crippen LogP contribution < -0.4 is 0 Å². The number of benzene rings is 1. The zero-order valence-electron chi connectivity index (χ0n) is 12.5. The third-order valence-electron chi connectivity index (χ3n) is 6.11. The maximum absolute atomic E-state index is 12.5. The average Bonchev–Trinajstić information content (AvgIpc) is 2.91. The van der Waals surface area contributed by atoms with E-state index in [9.17, 15) is 9.90 Å². The number of aromatic amines is 1. The number of H-pyrrole nitrogens is 1. The lowest BCUT2D eigenvalue weighted by Gasteiger charge is -2.57. The number of nitrogens with one attached hydrogen (secondary N) is 1. The van der Waals surface area contributed by atoms with Gasteiger partial charge in [0.15, 0.2) is 0 Å². The van der Waals surface area contributed by atoms with Crippen molar-refractivity contribution in [1.82, 2.24) is 9.88 Å². The Morgan fingerprint density at radius 3 is 3.05 bits per heavy atom. The summed E-state index contributed by atoms with van der Waals surface area (Å²) in [6.07, 6.45) is 4.10. The molecule has 0 radical (unpaired) electrons. The number of aromatic nitrogens is 1. The maximum Gasteiger partial charge on any atom is 0.251 e. The molecule has 0 saturated carbocycles. The fourth-order valence-corrected chi connectivity index (χ4v) is 5.24. The zero-order chi connectivity index (χ0) is 14.9. The molecular weight excluding hydrogens is 276 g/mol. The average molecular weight is 296 g/mol. The standard InChI is InChI=1S/C18H20N2O2/c21-14-10-18-7-3-9-20(17(14)22)16(18)15-11-4-1-2-5-12(11)19-13(15)6-8-18/h1-2,4-5,14,16,19,21H,3,6-10H2/t14-,16-,18-/m0/s1. The first-order chi connectivity index (χ1) is 10.7. The molecule has 1 aromatic heterocycles. The summed E-state index contributed by atoms with van der Waals surface area (Å²) in [4.78, 5) is 18.0. The van der Waals surface area contributed by atoms with E-state index in [1.54, 1.807) is 0 Å². The Kier molecular flexibility index (Phi) is 2.39. The Bertz CT molecular complexity index is 780. The first kappa shape index (κ1) is 12.7. The highest BCUT2D eigenvalue weighted by atomic mass is 16.3. The van der Waals surface area contributed by atoms with Crippen LogP contribution in [-0.4, -0.2) is 33.5 Å². The Hall–Kier alpha value is -1.81. The molecule has 5 rings (SSSR count). The normalized spacial score (nSPS) is 33.7. The van der Waals surface area contributed by atoms with E-state index in [0.29, 0.717) is 6.42 Å². The van der Waals surface area contributed by atoms with Gasteiger partial charge in [0.05, 0.1) is 6.04 Å². The van der Waals surface area contributed by atoms with Crippen LogP contribution >= 0.6 is 0 Å². The molecule has 22 heavy (non-hydrogen) atoms. The number of carbonyl (C=O) groups is 1. The van der Waals surface area contributed by atoms with Crippen molar-refractivity contribution >= 4 is 16.8 Å². The second kappa shape index (κ2) is 4.13. The molecule has 4 nitrogen and oxygen atoms in total. The number of aryl methyl sites for hydroxylation is 1. The maximum atomic E-state index is 12.5. The van der Waals surface area contributed by atoms with Crippen molar-refractivity contribution in [1.29, 1.82) is 0 Å². The van der Waals surface area contributed by atoms with Gasteiger partial charge in [-0.05, 0) is 43.6 Å². The van der Waals surface area contributed by atoms with E-state index < -0.39 is 6.10 Å². The van der Waals surface area contributed by atoms with E-state index in [1.807, 2.05) is 4.90 Å². The quantitative estimate of drug-likeness (QED) is 0.785. The van der Waals surface area contributed by atoms with E-state index in [-0.39, 0.29) is 17.4 Å². The summed E-state index contributed by atoms with van der Waals surface area (Å²) >= 11 is 0. The summed E-state index contributed by atoms with van der Waals surface area (Å²) in [5.41, 5.74) is 3.85. The third-order valence-corrected chi connectivity index (χ3v) is 6.11. The monoisotopic (exact) mass is 296 g/mol. The van der Waals surface area contributed by atoms with Crippen LogP contribution in [-0.2, 0) is 11.2 Å². The molecule has 2 N–H and O–H groups in total. The van der Waals surface area contributed by atoms with E-state index in [0.717, 1.165) is 32.2 Å². The van der Waals surface area contributed by atoms with Crippen LogP contribution in [0.3, 0.4) is 0 Å². The van der Waals surface area contributed by atoms with E-state index in [1.165, 1.54) is 22.2 Å². The summed E-state index contributed by atoms with van der Waals surface area (Å²) in [5, 5.41) is 11.5. The number of fused-ring (bicyclic) bond motifs is 3. The minimum absolute atomic E-state index is 0.0709. The number of para-hydroxylation sites is 1. The molecule has 1 aliphatic carbocycles. The molecule has 3 aliphatic rings. The van der Waals surface area contributed by atoms with Gasteiger partial charge < -0.3 is 15.0 Å². The minimum Gasteiger partial charge on any atom is -0.383 e. The van der Waals surface area contributed by atoms with E-state index in [2.05, 4.69) is 29.2 Å². The molecule has 3 heterocycles. The van der Waals surface area contributed by atoms with Crippen LogP contribution in [0.25, 0.3) is 10.9 Å². The molecule has 3 atom stereocenters. The summed E-state index contributed by atoms with van der Waals surface area (Å²) in [6, 6.07) is 8.55. The van der Waals surface area contributed by atoms with Crippen LogP contribution in [0, 0.1) is 5.41 Å². The van der Waals surface area contributed by atoms with Gasteiger partial charge in [0.1, 0.15) is 6.10 Å². The van der Waals surface area contributed by atoms with Crippen molar-refractivity contribution in [2.75, 3.05) is 6.54 Å². The predicted molar refractivity (Wildman–Crippen MR) is 83.4 cm³/mol. The predicted octanol–water partition coefficient (Wildman–Crippen LogP) is 2.53.